The van der Waals surface area contributed by atoms with Crippen molar-refractivity contribution < 1.29 is 9.72 Å². The predicted molar refractivity (Wildman–Crippen MR) is 93.4 cm³/mol. The molecule has 1 N–H and O–H groups in total. The van der Waals surface area contributed by atoms with Crippen LogP contribution in [-0.2, 0) is 6.54 Å². The molecule has 0 unspecified atom stereocenters. The number of non-ortho nitro benzene ring substituents is 1. The Morgan fingerprint density at radius 2 is 1.92 bits per heavy atom. The molecule has 26 heavy (non-hydrogen) atoms. The molecular weight excluding hydrogens is 383 g/mol. The fourth-order valence-corrected chi connectivity index (χ4v) is 2.48. The van der Waals surface area contributed by atoms with Gasteiger partial charge in [-0.3, -0.25) is 14.9 Å². The third-order valence-electron chi connectivity index (χ3n) is 3.42. The number of aromatic nitrogens is 4. The minimum absolute atomic E-state index is 0.00647. The van der Waals surface area contributed by atoms with E-state index < -0.39 is 10.8 Å². The average Bonchev–Trinajstić information content (AvgIpc) is 3.09. The number of nitro groups is 1. The molecule has 0 saturated heterocycles. The van der Waals surface area contributed by atoms with E-state index in [0.29, 0.717) is 16.5 Å². The Balaban J connectivity index is 1.77. The Morgan fingerprint density at radius 3 is 2.62 bits per heavy atom. The monoisotopic (exact) mass is 392 g/mol. The molecule has 3 aromatic rings. The molecule has 0 aliphatic heterocycles. The second kappa shape index (κ2) is 7.46. The number of hydrogen-bond donors (Lipinski definition) is 1. The maximum atomic E-state index is 12.3. The highest BCUT2D eigenvalue weighted by atomic mass is 35.5. The Labute approximate surface area is 156 Å². The van der Waals surface area contributed by atoms with Crippen molar-refractivity contribution in [1.29, 1.82) is 0 Å². The first kappa shape index (κ1) is 17.8. The van der Waals surface area contributed by atoms with Crippen LogP contribution in [-0.4, -0.2) is 31.0 Å². The molecule has 11 heteroatoms. The van der Waals surface area contributed by atoms with Gasteiger partial charge in [0.2, 0.25) is 0 Å². The Kier molecular flexibility index (Phi) is 5.10. The lowest BCUT2D eigenvalue weighted by molar-refractivity contribution is -0.384. The summed E-state index contributed by atoms with van der Waals surface area (Å²) >= 11 is 11.8. The summed E-state index contributed by atoms with van der Waals surface area (Å²) in [6, 6.07) is 10.4. The van der Waals surface area contributed by atoms with E-state index >= 15 is 0 Å². The molecule has 132 valence electrons. The zero-order chi connectivity index (χ0) is 18.7. The molecule has 0 saturated carbocycles. The van der Waals surface area contributed by atoms with Crippen molar-refractivity contribution in [2.45, 2.75) is 6.54 Å². The number of nitro benzene ring substituents is 1. The van der Waals surface area contributed by atoms with Crippen LogP contribution in [0.15, 0.2) is 42.5 Å². The molecule has 0 fully saturated rings. The van der Waals surface area contributed by atoms with Crippen molar-refractivity contribution in [1.82, 2.24) is 25.5 Å². The van der Waals surface area contributed by atoms with Crippen molar-refractivity contribution in [3.63, 3.8) is 0 Å². The third-order valence-corrected chi connectivity index (χ3v) is 4.00. The van der Waals surface area contributed by atoms with Crippen molar-refractivity contribution in [2.75, 3.05) is 0 Å². The highest BCUT2D eigenvalue weighted by Crippen LogP contribution is 2.22. The van der Waals surface area contributed by atoms with E-state index in [0.717, 1.165) is 6.07 Å². The lowest BCUT2D eigenvalue weighted by atomic mass is 10.2. The number of hydrogen-bond acceptors (Lipinski definition) is 6. The Bertz CT molecular complexity index is 974. The summed E-state index contributed by atoms with van der Waals surface area (Å²) in [6.07, 6.45) is 0. The summed E-state index contributed by atoms with van der Waals surface area (Å²) in [5, 5.41) is 25.4. The molecule has 1 aromatic heterocycles. The van der Waals surface area contributed by atoms with Crippen LogP contribution in [0.2, 0.25) is 10.0 Å². The van der Waals surface area contributed by atoms with Crippen molar-refractivity contribution in [2.24, 2.45) is 0 Å². The summed E-state index contributed by atoms with van der Waals surface area (Å²) in [5.41, 5.74) is 0.425. The van der Waals surface area contributed by atoms with Gasteiger partial charge in [0.05, 0.1) is 27.7 Å². The zero-order valence-corrected chi connectivity index (χ0v) is 14.5. The molecule has 0 aliphatic carbocycles. The number of tetrazole rings is 1. The first-order chi connectivity index (χ1) is 12.5. The molecule has 3 rings (SSSR count). The molecule has 9 nitrogen and oxygen atoms in total. The predicted octanol–water partition coefficient (Wildman–Crippen LogP) is 2.81. The van der Waals surface area contributed by atoms with Gasteiger partial charge < -0.3 is 5.32 Å². The molecule has 1 heterocycles. The van der Waals surface area contributed by atoms with Gasteiger partial charge in [0.1, 0.15) is 0 Å². The van der Waals surface area contributed by atoms with E-state index in [1.165, 1.54) is 16.8 Å². The summed E-state index contributed by atoms with van der Waals surface area (Å²) in [7, 11) is 0. The summed E-state index contributed by atoms with van der Waals surface area (Å²) < 4.78 is 1.44. The van der Waals surface area contributed by atoms with Gasteiger partial charge in [-0.25, -0.2) is 0 Å². The minimum atomic E-state index is -0.603. The van der Waals surface area contributed by atoms with Crippen LogP contribution in [0.4, 0.5) is 5.69 Å². The van der Waals surface area contributed by atoms with Crippen LogP contribution in [0.25, 0.3) is 5.69 Å². The first-order valence-corrected chi connectivity index (χ1v) is 7.96. The van der Waals surface area contributed by atoms with Crippen LogP contribution >= 0.6 is 23.2 Å². The lowest BCUT2D eigenvalue weighted by Crippen LogP contribution is -2.25. The summed E-state index contributed by atoms with van der Waals surface area (Å²) in [5.74, 6) is -0.216. The SMILES string of the molecule is O=C(NCc1nnnn1-c1ccc(Cl)cc1)c1cc([N+](=O)[O-])ccc1Cl. The van der Waals surface area contributed by atoms with E-state index in [2.05, 4.69) is 20.8 Å². The number of nitrogens with zero attached hydrogens (tertiary/aromatic N) is 5. The molecule has 2 aromatic carbocycles. The highest BCUT2D eigenvalue weighted by Gasteiger charge is 2.17. The van der Waals surface area contributed by atoms with Crippen LogP contribution < -0.4 is 5.32 Å². The summed E-state index contributed by atoms with van der Waals surface area (Å²) in [4.78, 5) is 22.6. The topological polar surface area (TPSA) is 116 Å². The van der Waals surface area contributed by atoms with E-state index in [-0.39, 0.29) is 22.8 Å². The standard InChI is InChI=1S/C15H10Cl2N6O3/c16-9-1-3-10(4-2-9)22-14(19-20-21-22)8-18-15(24)12-7-11(23(25)26)5-6-13(12)17/h1-7H,8H2,(H,18,24). The number of benzene rings is 2. The number of amides is 1. The van der Waals surface area contributed by atoms with E-state index in [9.17, 15) is 14.9 Å². The smallest absolute Gasteiger partial charge is 0.270 e. The number of nitrogens with one attached hydrogen (secondary N) is 1. The van der Waals surface area contributed by atoms with Gasteiger partial charge in [0, 0.05) is 17.2 Å². The maximum absolute atomic E-state index is 12.3. The van der Waals surface area contributed by atoms with Crippen molar-refractivity contribution in [3.05, 3.63) is 74.0 Å². The molecule has 0 aliphatic rings. The molecule has 0 spiro atoms. The Morgan fingerprint density at radius 1 is 1.19 bits per heavy atom. The molecule has 0 bridgehead atoms. The second-order valence-electron chi connectivity index (χ2n) is 5.09. The fraction of sp³-hybridized carbons (Fsp3) is 0.0667. The van der Waals surface area contributed by atoms with Crippen molar-refractivity contribution in [3.8, 4) is 5.69 Å². The van der Waals surface area contributed by atoms with Crippen LogP contribution in [0.1, 0.15) is 16.2 Å². The number of halogens is 2. The fourth-order valence-electron chi connectivity index (χ4n) is 2.15. The highest BCUT2D eigenvalue weighted by molar-refractivity contribution is 6.34. The first-order valence-electron chi connectivity index (χ1n) is 7.21. The zero-order valence-electron chi connectivity index (χ0n) is 13.0. The molecular formula is C15H10Cl2N6O3. The van der Waals surface area contributed by atoms with Gasteiger partial charge in [-0.2, -0.15) is 4.68 Å². The van der Waals surface area contributed by atoms with Crippen LogP contribution in [0.3, 0.4) is 0 Å². The van der Waals surface area contributed by atoms with Crippen LogP contribution in [0, 0.1) is 10.1 Å². The van der Waals surface area contributed by atoms with Gasteiger partial charge in [-0.1, -0.05) is 23.2 Å². The third kappa shape index (κ3) is 3.79. The molecule has 0 atom stereocenters. The maximum Gasteiger partial charge on any atom is 0.270 e. The second-order valence-corrected chi connectivity index (χ2v) is 5.93. The van der Waals surface area contributed by atoms with E-state index in [1.54, 1.807) is 24.3 Å². The van der Waals surface area contributed by atoms with Crippen molar-refractivity contribution >= 4 is 34.8 Å². The number of carbonyl (C=O) groups excluding carboxylic acids is 1. The van der Waals surface area contributed by atoms with Gasteiger partial charge in [-0.05, 0) is 40.8 Å². The van der Waals surface area contributed by atoms with Gasteiger partial charge >= 0.3 is 0 Å². The average molecular weight is 393 g/mol. The van der Waals surface area contributed by atoms with Gasteiger partial charge in [-0.15, -0.1) is 5.10 Å². The largest absolute Gasteiger partial charge is 0.345 e. The van der Waals surface area contributed by atoms with Gasteiger partial charge in [0.15, 0.2) is 5.82 Å². The molecule has 1 amide bonds. The minimum Gasteiger partial charge on any atom is -0.345 e. The lowest BCUT2D eigenvalue weighted by Gasteiger charge is -2.07. The summed E-state index contributed by atoms with van der Waals surface area (Å²) in [6.45, 7) is -0.00647. The van der Waals surface area contributed by atoms with Crippen LogP contribution in [0.5, 0.6) is 0 Å². The van der Waals surface area contributed by atoms with Gasteiger partial charge in [0.25, 0.3) is 11.6 Å². The van der Waals surface area contributed by atoms with E-state index in [1.807, 2.05) is 0 Å². The number of rotatable bonds is 5. The van der Waals surface area contributed by atoms with E-state index in [4.69, 9.17) is 23.2 Å². The quantitative estimate of drug-likeness (QED) is 0.526. The molecule has 0 radical (unpaired) electrons. The normalized spacial score (nSPS) is 10.5. The Hall–Kier alpha value is -3.04. The number of carbonyl (C=O) groups is 1.